The van der Waals surface area contributed by atoms with Crippen molar-refractivity contribution in [2.45, 2.75) is 18.2 Å². The van der Waals surface area contributed by atoms with Crippen molar-refractivity contribution < 1.29 is 0 Å². The fraction of sp³-hybridized carbons (Fsp3) is 0.214. The molecule has 0 amide bonds. The Morgan fingerprint density at radius 3 is 2.71 bits per heavy atom. The van der Waals surface area contributed by atoms with Crippen LogP contribution in [-0.4, -0.2) is 15.2 Å². The van der Waals surface area contributed by atoms with E-state index in [0.29, 0.717) is 0 Å². The summed E-state index contributed by atoms with van der Waals surface area (Å²) in [4.78, 5) is 0. The van der Waals surface area contributed by atoms with Gasteiger partial charge in [-0.2, -0.15) is 5.10 Å². The molecule has 1 aliphatic carbocycles. The number of benzene rings is 1. The molecule has 0 radical (unpaired) electrons. The topological polar surface area (TPSA) is 17.8 Å². The second-order valence-corrected chi connectivity index (χ2v) is 4.77. The Kier molecular flexibility index (Phi) is 2.73. The molecule has 0 bridgehead atoms. The minimum Gasteiger partial charge on any atom is -0.233 e. The van der Waals surface area contributed by atoms with Crippen LogP contribution in [0.25, 0.3) is 11.3 Å². The van der Waals surface area contributed by atoms with E-state index in [1.807, 2.05) is 35.1 Å². The van der Waals surface area contributed by atoms with Gasteiger partial charge >= 0.3 is 0 Å². The van der Waals surface area contributed by atoms with E-state index in [1.54, 1.807) is 0 Å². The van der Waals surface area contributed by atoms with E-state index < -0.39 is 0 Å². The molecule has 0 aliphatic heterocycles. The number of nitrogens with zero attached hydrogens (tertiary/aromatic N) is 2. The van der Waals surface area contributed by atoms with Crippen molar-refractivity contribution in [3.8, 4) is 5.69 Å². The Balaban J connectivity index is 2.03. The van der Waals surface area contributed by atoms with Gasteiger partial charge in [0.05, 0.1) is 23.0 Å². The highest BCUT2D eigenvalue weighted by molar-refractivity contribution is 6.22. The lowest BCUT2D eigenvalue weighted by Crippen LogP contribution is -2.00. The van der Waals surface area contributed by atoms with Gasteiger partial charge in [0.1, 0.15) is 0 Å². The van der Waals surface area contributed by atoms with Gasteiger partial charge in [-0.25, -0.2) is 4.68 Å². The lowest BCUT2D eigenvalue weighted by Gasteiger charge is -2.07. The van der Waals surface area contributed by atoms with Gasteiger partial charge in [-0.1, -0.05) is 24.3 Å². The zero-order valence-corrected chi connectivity index (χ0v) is 10.1. The maximum Gasteiger partial charge on any atom is 0.0697 e. The third-order valence-electron chi connectivity index (χ3n) is 3.04. The molecular formula is C14H13ClN2. The minimum atomic E-state index is 0.170. The van der Waals surface area contributed by atoms with Gasteiger partial charge in [-0.15, -0.1) is 11.6 Å². The zero-order valence-electron chi connectivity index (χ0n) is 9.38. The van der Waals surface area contributed by atoms with E-state index in [-0.39, 0.29) is 5.38 Å². The van der Waals surface area contributed by atoms with Gasteiger partial charge in [0, 0.05) is 0 Å². The molecule has 0 fully saturated rings. The van der Waals surface area contributed by atoms with Gasteiger partial charge in [-0.3, -0.25) is 0 Å². The highest BCUT2D eigenvalue weighted by Crippen LogP contribution is 2.31. The van der Waals surface area contributed by atoms with Gasteiger partial charge < -0.3 is 0 Å². The quantitative estimate of drug-likeness (QED) is 0.738. The Hall–Kier alpha value is -1.54. The van der Waals surface area contributed by atoms with Crippen molar-refractivity contribution in [3.63, 3.8) is 0 Å². The molecule has 0 saturated carbocycles. The predicted molar refractivity (Wildman–Crippen MR) is 70.4 cm³/mol. The van der Waals surface area contributed by atoms with E-state index in [9.17, 15) is 0 Å². The lowest BCUT2D eigenvalue weighted by molar-refractivity contribution is 0.857. The molecule has 2 aromatic rings. The molecule has 1 atom stereocenters. The molecule has 1 heterocycles. The summed E-state index contributed by atoms with van der Waals surface area (Å²) in [7, 11) is 0. The Morgan fingerprint density at radius 2 is 2.00 bits per heavy atom. The molecule has 3 heteroatoms. The van der Waals surface area contributed by atoms with Gasteiger partial charge in [0.2, 0.25) is 0 Å². The number of rotatable bonds is 2. The summed E-state index contributed by atoms with van der Waals surface area (Å²) in [5, 5.41) is 4.56. The summed E-state index contributed by atoms with van der Waals surface area (Å²) >= 11 is 6.12. The molecule has 0 saturated heterocycles. The van der Waals surface area contributed by atoms with Crippen LogP contribution in [0.4, 0.5) is 0 Å². The first-order valence-electron chi connectivity index (χ1n) is 5.79. The van der Waals surface area contributed by atoms with Crippen molar-refractivity contribution >= 4 is 17.2 Å². The van der Waals surface area contributed by atoms with Crippen molar-refractivity contribution in [2.24, 2.45) is 0 Å². The maximum atomic E-state index is 6.12. The Labute approximate surface area is 106 Å². The summed E-state index contributed by atoms with van der Waals surface area (Å²) < 4.78 is 1.97. The van der Waals surface area contributed by atoms with E-state index in [4.69, 9.17) is 11.6 Å². The molecule has 17 heavy (non-hydrogen) atoms. The second-order valence-electron chi connectivity index (χ2n) is 4.21. The van der Waals surface area contributed by atoms with Crippen LogP contribution in [0.3, 0.4) is 0 Å². The summed E-state index contributed by atoms with van der Waals surface area (Å²) in [5.41, 5.74) is 3.54. The molecule has 2 nitrogen and oxygen atoms in total. The standard InChI is InChI=1S/C14H13ClN2/c15-12-7-6-11(10-12)14-8-9-16-17(14)13-4-2-1-3-5-13/h1-5,8-10,12H,6-7H2. The van der Waals surface area contributed by atoms with Crippen molar-refractivity contribution in [2.75, 3.05) is 0 Å². The third-order valence-corrected chi connectivity index (χ3v) is 3.39. The molecule has 3 rings (SSSR count). The van der Waals surface area contributed by atoms with Gasteiger partial charge in [0.15, 0.2) is 0 Å². The fourth-order valence-corrected chi connectivity index (χ4v) is 2.47. The molecule has 86 valence electrons. The van der Waals surface area contributed by atoms with Crippen LogP contribution in [0.1, 0.15) is 18.5 Å². The number of alkyl halides is 1. The molecule has 1 aromatic carbocycles. The average Bonchev–Trinajstić information content (AvgIpc) is 2.98. The molecule has 1 aliphatic rings. The van der Waals surface area contributed by atoms with Crippen molar-refractivity contribution in [1.29, 1.82) is 0 Å². The predicted octanol–water partition coefficient (Wildman–Crippen LogP) is 3.66. The molecule has 1 unspecified atom stereocenters. The minimum absolute atomic E-state index is 0.170. The maximum absolute atomic E-state index is 6.12. The van der Waals surface area contributed by atoms with E-state index in [1.165, 1.54) is 5.57 Å². The average molecular weight is 245 g/mol. The summed E-state index contributed by atoms with van der Waals surface area (Å²) in [6.45, 7) is 0. The number of allylic oxidation sites excluding steroid dienone is 2. The van der Waals surface area contributed by atoms with Crippen LogP contribution in [-0.2, 0) is 0 Å². The third kappa shape index (κ3) is 2.01. The van der Waals surface area contributed by atoms with Crippen LogP contribution in [0.2, 0.25) is 0 Å². The fourth-order valence-electron chi connectivity index (χ4n) is 2.21. The SMILES string of the molecule is ClC1C=C(c2ccnn2-c2ccccc2)CC1. The van der Waals surface area contributed by atoms with E-state index >= 15 is 0 Å². The Bertz CT molecular complexity index is 542. The largest absolute Gasteiger partial charge is 0.233 e. The monoisotopic (exact) mass is 244 g/mol. The summed E-state index contributed by atoms with van der Waals surface area (Å²) in [6, 6.07) is 12.2. The lowest BCUT2D eigenvalue weighted by atomic mass is 10.1. The van der Waals surface area contributed by atoms with Crippen molar-refractivity contribution in [3.05, 3.63) is 54.4 Å². The van der Waals surface area contributed by atoms with Crippen LogP contribution >= 0.6 is 11.6 Å². The number of aromatic nitrogens is 2. The number of halogens is 1. The molecule has 1 aromatic heterocycles. The smallest absolute Gasteiger partial charge is 0.0697 e. The highest BCUT2D eigenvalue weighted by atomic mass is 35.5. The first-order chi connectivity index (χ1) is 8.34. The van der Waals surface area contributed by atoms with Crippen LogP contribution in [0, 0.1) is 0 Å². The second kappa shape index (κ2) is 4.38. The molecule has 0 N–H and O–H groups in total. The highest BCUT2D eigenvalue weighted by Gasteiger charge is 2.17. The molecular weight excluding hydrogens is 232 g/mol. The molecule has 0 spiro atoms. The zero-order chi connectivity index (χ0) is 11.7. The number of para-hydroxylation sites is 1. The van der Waals surface area contributed by atoms with E-state index in [0.717, 1.165) is 24.2 Å². The van der Waals surface area contributed by atoms with Crippen LogP contribution < -0.4 is 0 Å². The summed E-state index contributed by atoms with van der Waals surface area (Å²) in [5.74, 6) is 0. The Morgan fingerprint density at radius 1 is 1.18 bits per heavy atom. The number of hydrogen-bond donors (Lipinski definition) is 0. The van der Waals surface area contributed by atoms with Gasteiger partial charge in [0.25, 0.3) is 0 Å². The van der Waals surface area contributed by atoms with Crippen LogP contribution in [0.15, 0.2) is 48.7 Å². The normalized spacial score (nSPS) is 19.4. The first-order valence-corrected chi connectivity index (χ1v) is 6.23. The van der Waals surface area contributed by atoms with E-state index in [2.05, 4.69) is 23.3 Å². The number of hydrogen-bond acceptors (Lipinski definition) is 1. The summed E-state index contributed by atoms with van der Waals surface area (Å²) in [6.07, 6.45) is 6.03. The van der Waals surface area contributed by atoms with Crippen LogP contribution in [0.5, 0.6) is 0 Å². The van der Waals surface area contributed by atoms with Gasteiger partial charge in [-0.05, 0) is 36.6 Å². The first kappa shape index (κ1) is 10.6. The van der Waals surface area contributed by atoms with Crippen molar-refractivity contribution in [1.82, 2.24) is 9.78 Å².